The average molecular weight is 298 g/mol. The van der Waals surface area contributed by atoms with Crippen molar-refractivity contribution in [2.45, 2.75) is 38.0 Å². The summed E-state index contributed by atoms with van der Waals surface area (Å²) in [5, 5.41) is 0.888. The van der Waals surface area contributed by atoms with Crippen LogP contribution in [0.25, 0.3) is 0 Å². The van der Waals surface area contributed by atoms with Crippen LogP contribution in [0.5, 0.6) is 0 Å². The van der Waals surface area contributed by atoms with Crippen molar-refractivity contribution in [3.63, 3.8) is 0 Å². The van der Waals surface area contributed by atoms with Crippen LogP contribution in [0.4, 0.5) is 5.69 Å². The number of halogens is 1. The Balaban J connectivity index is 1.76. The lowest BCUT2D eigenvalue weighted by Crippen LogP contribution is -2.05. The average Bonchev–Trinajstić information content (AvgIpc) is 2.55. The summed E-state index contributed by atoms with van der Waals surface area (Å²) < 4.78 is 0. The number of nitrogens with zero attached hydrogens (tertiary/aromatic N) is 1. The predicted octanol–water partition coefficient (Wildman–Crippen LogP) is 6.14. The van der Waals surface area contributed by atoms with Crippen molar-refractivity contribution in [3.8, 4) is 0 Å². The van der Waals surface area contributed by atoms with Gasteiger partial charge in [-0.15, -0.1) is 0 Å². The van der Waals surface area contributed by atoms with Crippen LogP contribution in [-0.4, -0.2) is 6.21 Å². The second kappa shape index (κ2) is 6.91. The second-order valence-corrected chi connectivity index (χ2v) is 6.12. The van der Waals surface area contributed by atoms with Crippen molar-refractivity contribution in [1.82, 2.24) is 0 Å². The zero-order valence-corrected chi connectivity index (χ0v) is 12.9. The van der Waals surface area contributed by atoms with Crippen molar-refractivity contribution in [2.75, 3.05) is 0 Å². The van der Waals surface area contributed by atoms with Gasteiger partial charge in [-0.2, -0.15) is 0 Å². The first kappa shape index (κ1) is 14.3. The molecule has 2 aromatic rings. The van der Waals surface area contributed by atoms with Gasteiger partial charge in [0.25, 0.3) is 0 Å². The minimum atomic E-state index is 0.645. The van der Waals surface area contributed by atoms with Gasteiger partial charge in [-0.05, 0) is 48.1 Å². The molecule has 1 fully saturated rings. The van der Waals surface area contributed by atoms with E-state index in [1.165, 1.54) is 37.7 Å². The van der Waals surface area contributed by atoms with E-state index >= 15 is 0 Å². The summed E-state index contributed by atoms with van der Waals surface area (Å²) in [7, 11) is 0. The molecule has 0 unspecified atom stereocenters. The molecule has 21 heavy (non-hydrogen) atoms. The molecular formula is C19H20ClN. The molecule has 0 radical (unpaired) electrons. The quantitative estimate of drug-likeness (QED) is 0.604. The first-order valence-electron chi connectivity index (χ1n) is 7.71. The van der Waals surface area contributed by atoms with E-state index < -0.39 is 0 Å². The molecule has 2 heteroatoms. The van der Waals surface area contributed by atoms with E-state index in [9.17, 15) is 0 Å². The Morgan fingerprint density at radius 1 is 0.952 bits per heavy atom. The fraction of sp³-hybridized carbons (Fsp3) is 0.316. The molecule has 0 spiro atoms. The normalized spacial score (nSPS) is 16.4. The summed E-state index contributed by atoms with van der Waals surface area (Å²) in [6.45, 7) is 0. The molecule has 1 nitrogen and oxygen atoms in total. The van der Waals surface area contributed by atoms with E-state index in [0.29, 0.717) is 5.92 Å². The fourth-order valence-electron chi connectivity index (χ4n) is 3.03. The van der Waals surface area contributed by atoms with Crippen LogP contribution in [-0.2, 0) is 0 Å². The van der Waals surface area contributed by atoms with Crippen LogP contribution in [0.2, 0.25) is 5.02 Å². The topological polar surface area (TPSA) is 12.4 Å². The SMILES string of the molecule is Clc1cc(C=Nc2ccccc2)ccc1C1CCCCC1. The maximum atomic E-state index is 6.48. The molecule has 0 aromatic heterocycles. The number of benzene rings is 2. The molecule has 0 heterocycles. The highest BCUT2D eigenvalue weighted by Gasteiger charge is 2.17. The molecule has 0 atom stereocenters. The first-order valence-corrected chi connectivity index (χ1v) is 8.09. The first-order chi connectivity index (χ1) is 10.3. The predicted molar refractivity (Wildman–Crippen MR) is 91.0 cm³/mol. The van der Waals surface area contributed by atoms with Gasteiger partial charge in [0.15, 0.2) is 0 Å². The Bertz CT molecular complexity index is 613. The molecule has 0 bridgehead atoms. The largest absolute Gasteiger partial charge is 0.256 e. The minimum Gasteiger partial charge on any atom is -0.256 e. The Kier molecular flexibility index (Phi) is 4.72. The Morgan fingerprint density at radius 2 is 1.71 bits per heavy atom. The Hall–Kier alpha value is -1.60. The van der Waals surface area contributed by atoms with Gasteiger partial charge >= 0.3 is 0 Å². The van der Waals surface area contributed by atoms with Crippen molar-refractivity contribution in [1.29, 1.82) is 0 Å². The lowest BCUT2D eigenvalue weighted by Gasteiger charge is -2.23. The highest BCUT2D eigenvalue weighted by Crippen LogP contribution is 2.36. The molecule has 0 aliphatic heterocycles. The number of aliphatic imine (C=N–C) groups is 1. The van der Waals surface area contributed by atoms with Crippen molar-refractivity contribution >= 4 is 23.5 Å². The summed E-state index contributed by atoms with van der Waals surface area (Å²) in [4.78, 5) is 4.48. The van der Waals surface area contributed by atoms with Gasteiger partial charge in [0.05, 0.1) is 5.69 Å². The van der Waals surface area contributed by atoms with Crippen LogP contribution in [0.15, 0.2) is 53.5 Å². The summed E-state index contributed by atoms with van der Waals surface area (Å²) >= 11 is 6.48. The lowest BCUT2D eigenvalue weighted by atomic mass is 9.84. The van der Waals surface area contributed by atoms with Crippen molar-refractivity contribution in [2.24, 2.45) is 4.99 Å². The monoisotopic (exact) mass is 297 g/mol. The maximum Gasteiger partial charge on any atom is 0.0629 e. The van der Waals surface area contributed by atoms with E-state index in [2.05, 4.69) is 17.1 Å². The van der Waals surface area contributed by atoms with E-state index in [1.807, 2.05) is 42.6 Å². The Labute approximate surface area is 131 Å². The number of para-hydroxylation sites is 1. The molecule has 108 valence electrons. The molecule has 1 aliphatic carbocycles. The number of hydrogen-bond acceptors (Lipinski definition) is 1. The summed E-state index contributed by atoms with van der Waals surface area (Å²) in [5.41, 5.74) is 3.33. The molecule has 0 N–H and O–H groups in total. The number of hydrogen-bond donors (Lipinski definition) is 0. The molecular weight excluding hydrogens is 278 g/mol. The molecule has 0 saturated heterocycles. The van der Waals surface area contributed by atoms with Crippen molar-refractivity contribution in [3.05, 3.63) is 64.7 Å². The van der Waals surface area contributed by atoms with E-state index in [1.54, 1.807) is 0 Å². The highest BCUT2D eigenvalue weighted by molar-refractivity contribution is 6.31. The summed E-state index contributed by atoms with van der Waals surface area (Å²) in [5.74, 6) is 0.645. The van der Waals surface area contributed by atoms with Crippen LogP contribution in [0.3, 0.4) is 0 Å². The summed E-state index contributed by atoms with van der Waals surface area (Å²) in [6, 6.07) is 16.3. The van der Waals surface area contributed by atoms with Crippen LogP contribution in [0.1, 0.15) is 49.1 Å². The van der Waals surface area contributed by atoms with Gasteiger partial charge < -0.3 is 0 Å². The highest BCUT2D eigenvalue weighted by atomic mass is 35.5. The van der Waals surface area contributed by atoms with Gasteiger partial charge in [-0.1, -0.05) is 61.2 Å². The summed E-state index contributed by atoms with van der Waals surface area (Å²) in [6.07, 6.45) is 8.46. The zero-order valence-electron chi connectivity index (χ0n) is 12.1. The maximum absolute atomic E-state index is 6.48. The number of rotatable bonds is 3. The molecule has 2 aromatic carbocycles. The molecule has 3 rings (SSSR count). The zero-order chi connectivity index (χ0) is 14.5. The lowest BCUT2D eigenvalue weighted by molar-refractivity contribution is 0.444. The second-order valence-electron chi connectivity index (χ2n) is 5.71. The van der Waals surface area contributed by atoms with Gasteiger partial charge in [-0.3, -0.25) is 4.99 Å². The molecule has 1 saturated carbocycles. The van der Waals surface area contributed by atoms with Gasteiger partial charge in [0.1, 0.15) is 0 Å². The van der Waals surface area contributed by atoms with Crippen LogP contribution < -0.4 is 0 Å². The smallest absolute Gasteiger partial charge is 0.0629 e. The van der Waals surface area contributed by atoms with E-state index in [-0.39, 0.29) is 0 Å². The molecule has 0 amide bonds. The van der Waals surface area contributed by atoms with Gasteiger partial charge in [-0.25, -0.2) is 0 Å². The third-order valence-electron chi connectivity index (χ3n) is 4.19. The molecule has 1 aliphatic rings. The van der Waals surface area contributed by atoms with Gasteiger partial charge in [0, 0.05) is 11.2 Å². The van der Waals surface area contributed by atoms with Crippen LogP contribution >= 0.6 is 11.6 Å². The van der Waals surface area contributed by atoms with Gasteiger partial charge in [0.2, 0.25) is 0 Å². The van der Waals surface area contributed by atoms with E-state index in [0.717, 1.165) is 16.3 Å². The third kappa shape index (κ3) is 3.74. The Morgan fingerprint density at radius 3 is 2.43 bits per heavy atom. The third-order valence-corrected chi connectivity index (χ3v) is 4.52. The fourth-order valence-corrected chi connectivity index (χ4v) is 3.37. The minimum absolute atomic E-state index is 0.645. The van der Waals surface area contributed by atoms with E-state index in [4.69, 9.17) is 11.6 Å². The standard InChI is InChI=1S/C19H20ClN/c20-19-13-15(14-21-17-9-5-2-6-10-17)11-12-18(19)16-7-3-1-4-8-16/h2,5-6,9-14,16H,1,3-4,7-8H2. The van der Waals surface area contributed by atoms with Crippen molar-refractivity contribution < 1.29 is 0 Å². The van der Waals surface area contributed by atoms with Crippen LogP contribution in [0, 0.1) is 0 Å².